The molecule has 0 amide bonds. The minimum Gasteiger partial charge on any atom is -0.494 e. The standard InChI is InChI=1S/C24H29ClO6S/c1-4-29-15-7-5-13(6-8-15)10-14-11-17(22-16(18(14)25)9-12(2)30-22)23-20(27)19(26)21(28)24(31-23)32-3/h5-8,11-12,19-21,23-24,26-28H,4,9-10H2,1-3H3/t12?,19?,20-,21+,23?,24?/m1/s1. The highest BCUT2D eigenvalue weighted by molar-refractivity contribution is 7.99. The highest BCUT2D eigenvalue weighted by atomic mass is 35.5. The van der Waals surface area contributed by atoms with Crippen LogP contribution in [0.3, 0.4) is 0 Å². The van der Waals surface area contributed by atoms with E-state index >= 15 is 0 Å². The van der Waals surface area contributed by atoms with E-state index in [-0.39, 0.29) is 6.10 Å². The second-order valence-electron chi connectivity index (χ2n) is 8.27. The van der Waals surface area contributed by atoms with Crippen LogP contribution in [0.4, 0.5) is 0 Å². The number of rotatable bonds is 6. The molecule has 0 bridgehead atoms. The molecule has 6 nitrogen and oxygen atoms in total. The number of aliphatic hydroxyl groups excluding tert-OH is 3. The summed E-state index contributed by atoms with van der Waals surface area (Å²) in [6.45, 7) is 4.52. The van der Waals surface area contributed by atoms with Gasteiger partial charge in [-0.25, -0.2) is 0 Å². The summed E-state index contributed by atoms with van der Waals surface area (Å²) in [5, 5.41) is 32.1. The van der Waals surface area contributed by atoms with Gasteiger partial charge in [0.05, 0.1) is 11.6 Å². The van der Waals surface area contributed by atoms with Gasteiger partial charge in [0.1, 0.15) is 47.5 Å². The minimum absolute atomic E-state index is 0.0606. The van der Waals surface area contributed by atoms with Crippen molar-refractivity contribution in [1.29, 1.82) is 0 Å². The average Bonchev–Trinajstić information content (AvgIpc) is 3.18. The zero-order valence-electron chi connectivity index (χ0n) is 18.3. The van der Waals surface area contributed by atoms with Crippen LogP contribution in [0.1, 0.15) is 42.2 Å². The Morgan fingerprint density at radius 3 is 2.50 bits per heavy atom. The Bertz CT molecular complexity index is 950. The van der Waals surface area contributed by atoms with Crippen molar-refractivity contribution in [2.24, 2.45) is 0 Å². The van der Waals surface area contributed by atoms with Crippen LogP contribution >= 0.6 is 23.4 Å². The van der Waals surface area contributed by atoms with Gasteiger partial charge in [-0.05, 0) is 55.9 Å². The van der Waals surface area contributed by atoms with E-state index in [0.717, 1.165) is 22.4 Å². The Hall–Kier alpha value is -1.48. The van der Waals surface area contributed by atoms with E-state index in [1.165, 1.54) is 11.8 Å². The molecular formula is C24H29ClO6S. The number of benzene rings is 2. The lowest BCUT2D eigenvalue weighted by atomic mass is 9.90. The molecule has 1 fully saturated rings. The first-order valence-corrected chi connectivity index (χ1v) is 12.5. The molecule has 6 atom stereocenters. The molecule has 32 heavy (non-hydrogen) atoms. The first kappa shape index (κ1) is 23.7. The summed E-state index contributed by atoms with van der Waals surface area (Å²) in [6.07, 6.45) is -1.69. The van der Waals surface area contributed by atoms with Crippen molar-refractivity contribution in [1.82, 2.24) is 0 Å². The van der Waals surface area contributed by atoms with E-state index in [1.807, 2.05) is 44.2 Å². The molecule has 0 saturated carbocycles. The molecular weight excluding hydrogens is 452 g/mol. The number of hydrogen-bond donors (Lipinski definition) is 3. The summed E-state index contributed by atoms with van der Waals surface area (Å²) in [6, 6.07) is 9.76. The fourth-order valence-corrected chi connectivity index (χ4v) is 5.32. The summed E-state index contributed by atoms with van der Waals surface area (Å²) in [7, 11) is 0. The Kier molecular flexibility index (Phi) is 7.24. The Morgan fingerprint density at radius 1 is 1.12 bits per heavy atom. The number of halogens is 1. The zero-order chi connectivity index (χ0) is 23.0. The van der Waals surface area contributed by atoms with Gasteiger partial charge in [-0.1, -0.05) is 23.7 Å². The SMILES string of the molecule is CCOc1ccc(Cc2cc(C3OC(SC)[C@@H](O)C(O)[C@H]3O)c3c(c2Cl)CC(C)O3)cc1. The van der Waals surface area contributed by atoms with E-state index in [1.54, 1.807) is 6.26 Å². The van der Waals surface area contributed by atoms with Crippen molar-refractivity contribution in [3.63, 3.8) is 0 Å². The maximum absolute atomic E-state index is 10.8. The molecule has 0 aromatic heterocycles. The van der Waals surface area contributed by atoms with Crippen molar-refractivity contribution >= 4 is 23.4 Å². The summed E-state index contributed by atoms with van der Waals surface area (Å²) in [5.74, 6) is 1.42. The zero-order valence-corrected chi connectivity index (χ0v) is 19.9. The second kappa shape index (κ2) is 9.79. The van der Waals surface area contributed by atoms with Crippen molar-refractivity contribution < 1.29 is 29.5 Å². The van der Waals surface area contributed by atoms with E-state index < -0.39 is 29.9 Å². The molecule has 2 heterocycles. The third-order valence-electron chi connectivity index (χ3n) is 5.96. The van der Waals surface area contributed by atoms with Crippen LogP contribution in [0.15, 0.2) is 30.3 Å². The van der Waals surface area contributed by atoms with E-state index in [2.05, 4.69) is 0 Å². The summed E-state index contributed by atoms with van der Waals surface area (Å²) in [4.78, 5) is 0. The van der Waals surface area contributed by atoms with Crippen molar-refractivity contribution in [3.8, 4) is 11.5 Å². The molecule has 2 aromatic carbocycles. The number of ether oxygens (including phenoxy) is 3. The lowest BCUT2D eigenvalue weighted by Gasteiger charge is -2.40. The van der Waals surface area contributed by atoms with Crippen LogP contribution in [0.2, 0.25) is 5.02 Å². The maximum atomic E-state index is 10.8. The van der Waals surface area contributed by atoms with Crippen molar-refractivity contribution in [2.45, 2.75) is 62.6 Å². The lowest BCUT2D eigenvalue weighted by molar-refractivity contribution is -0.200. The summed E-state index contributed by atoms with van der Waals surface area (Å²) < 4.78 is 17.6. The molecule has 3 N–H and O–H groups in total. The van der Waals surface area contributed by atoms with Gasteiger partial charge in [-0.3, -0.25) is 0 Å². The van der Waals surface area contributed by atoms with Crippen LogP contribution in [-0.2, 0) is 17.6 Å². The molecule has 8 heteroatoms. The van der Waals surface area contributed by atoms with E-state index in [4.69, 9.17) is 25.8 Å². The number of aliphatic hydroxyl groups is 3. The molecule has 0 radical (unpaired) electrons. The fraction of sp³-hybridized carbons (Fsp3) is 0.500. The van der Waals surface area contributed by atoms with Gasteiger partial charge >= 0.3 is 0 Å². The number of hydrogen-bond acceptors (Lipinski definition) is 7. The molecule has 2 aliphatic heterocycles. The van der Waals surface area contributed by atoms with E-state index in [0.29, 0.717) is 35.8 Å². The molecule has 2 aliphatic rings. The van der Waals surface area contributed by atoms with Gasteiger partial charge in [-0.15, -0.1) is 11.8 Å². The molecule has 0 spiro atoms. The monoisotopic (exact) mass is 480 g/mol. The third kappa shape index (κ3) is 4.47. The molecule has 4 unspecified atom stereocenters. The molecule has 174 valence electrons. The van der Waals surface area contributed by atoms with Gasteiger partial charge in [0.25, 0.3) is 0 Å². The summed E-state index contributed by atoms with van der Waals surface area (Å²) >= 11 is 8.09. The lowest BCUT2D eigenvalue weighted by Crippen LogP contribution is -2.53. The smallest absolute Gasteiger partial charge is 0.132 e. The molecule has 0 aliphatic carbocycles. The third-order valence-corrected chi connectivity index (χ3v) is 7.29. The van der Waals surface area contributed by atoms with Crippen molar-refractivity contribution in [3.05, 3.63) is 57.6 Å². The van der Waals surface area contributed by atoms with Crippen LogP contribution in [0, 0.1) is 0 Å². The topological polar surface area (TPSA) is 88.4 Å². The molecule has 1 saturated heterocycles. The maximum Gasteiger partial charge on any atom is 0.132 e. The minimum atomic E-state index is -1.33. The van der Waals surface area contributed by atoms with Crippen LogP contribution in [0.25, 0.3) is 0 Å². The predicted molar refractivity (Wildman–Crippen MR) is 125 cm³/mol. The number of thioether (sulfide) groups is 1. The largest absolute Gasteiger partial charge is 0.494 e. The van der Waals surface area contributed by atoms with Gasteiger partial charge in [0.15, 0.2) is 0 Å². The molecule has 4 rings (SSSR count). The number of fused-ring (bicyclic) bond motifs is 1. The highest BCUT2D eigenvalue weighted by Crippen LogP contribution is 2.47. The van der Waals surface area contributed by atoms with Gasteiger partial charge < -0.3 is 29.5 Å². The Morgan fingerprint density at radius 2 is 1.84 bits per heavy atom. The highest BCUT2D eigenvalue weighted by Gasteiger charge is 2.46. The van der Waals surface area contributed by atoms with Crippen LogP contribution < -0.4 is 9.47 Å². The second-order valence-corrected chi connectivity index (χ2v) is 9.58. The summed E-state index contributed by atoms with van der Waals surface area (Å²) in [5.41, 5.74) is 2.81. The van der Waals surface area contributed by atoms with Gasteiger partial charge in [0.2, 0.25) is 0 Å². The van der Waals surface area contributed by atoms with E-state index in [9.17, 15) is 15.3 Å². The van der Waals surface area contributed by atoms with Crippen molar-refractivity contribution in [2.75, 3.05) is 12.9 Å². The van der Waals surface area contributed by atoms with Crippen LogP contribution in [0.5, 0.6) is 11.5 Å². The Balaban J connectivity index is 1.72. The predicted octanol–water partition coefficient (Wildman–Crippen LogP) is 3.50. The fourth-order valence-electron chi connectivity index (χ4n) is 4.37. The van der Waals surface area contributed by atoms with Crippen LogP contribution in [-0.4, -0.2) is 58.0 Å². The Labute approximate surface area is 197 Å². The normalized spacial score (nSPS) is 29.5. The van der Waals surface area contributed by atoms with Gasteiger partial charge in [-0.2, -0.15) is 0 Å². The quantitative estimate of drug-likeness (QED) is 0.583. The first-order valence-electron chi connectivity index (χ1n) is 10.8. The average molecular weight is 481 g/mol. The van der Waals surface area contributed by atoms with Gasteiger partial charge in [0, 0.05) is 17.5 Å². The first-order chi connectivity index (χ1) is 15.3. The molecule has 2 aromatic rings.